The minimum Gasteiger partial charge on any atom is -0.357 e. The Bertz CT molecular complexity index is 660. The van der Waals surface area contributed by atoms with E-state index in [1.54, 1.807) is 0 Å². The predicted octanol–water partition coefficient (Wildman–Crippen LogP) is 2.22. The number of rotatable bonds is 8. The van der Waals surface area contributed by atoms with Crippen molar-refractivity contribution in [3.63, 3.8) is 0 Å². The molecule has 1 atom stereocenters. The fraction of sp³-hybridized carbons (Fsp3) is 0.762. The molecule has 158 valence electrons. The second kappa shape index (κ2) is 11.1. The number of carbonyl (C=O) groups is 1. The summed E-state index contributed by atoms with van der Waals surface area (Å²) in [6, 6.07) is 0.233. The Balaban J connectivity index is 1.81. The molecule has 1 unspecified atom stereocenters. The molecule has 1 aliphatic rings. The highest BCUT2D eigenvalue weighted by molar-refractivity contribution is 5.80. The monoisotopic (exact) mass is 390 g/mol. The highest BCUT2D eigenvalue weighted by Gasteiger charge is 2.20. The van der Waals surface area contributed by atoms with Crippen molar-refractivity contribution in [2.24, 2.45) is 18.0 Å². The van der Waals surface area contributed by atoms with Crippen LogP contribution in [0.3, 0.4) is 0 Å². The number of aryl methyl sites for hydroxylation is 2. The van der Waals surface area contributed by atoms with Crippen molar-refractivity contribution in [2.45, 2.75) is 72.3 Å². The summed E-state index contributed by atoms with van der Waals surface area (Å²) in [5, 5.41) is 14.3. The lowest BCUT2D eigenvalue weighted by Gasteiger charge is -2.20. The summed E-state index contributed by atoms with van der Waals surface area (Å²) in [5.41, 5.74) is 3.58. The molecule has 1 amide bonds. The van der Waals surface area contributed by atoms with Gasteiger partial charge in [0, 0.05) is 37.8 Å². The van der Waals surface area contributed by atoms with Crippen LogP contribution in [-0.4, -0.2) is 47.3 Å². The second-order valence-electron chi connectivity index (χ2n) is 7.91. The summed E-state index contributed by atoms with van der Waals surface area (Å²) in [6.07, 6.45) is 6.58. The molecule has 2 rings (SSSR count). The summed E-state index contributed by atoms with van der Waals surface area (Å²) in [7, 11) is 1.98. The molecule has 0 radical (unpaired) electrons. The zero-order chi connectivity index (χ0) is 20.5. The Kier molecular flexibility index (Phi) is 8.80. The van der Waals surface area contributed by atoms with Crippen LogP contribution in [0.1, 0.15) is 62.9 Å². The summed E-state index contributed by atoms with van der Waals surface area (Å²) in [6.45, 7) is 10.3. The van der Waals surface area contributed by atoms with Crippen molar-refractivity contribution in [2.75, 3.05) is 19.6 Å². The van der Waals surface area contributed by atoms with Crippen molar-refractivity contribution in [1.29, 1.82) is 0 Å². The molecule has 1 aromatic rings. The van der Waals surface area contributed by atoms with Crippen LogP contribution in [0.15, 0.2) is 4.99 Å². The maximum absolute atomic E-state index is 12.2. The van der Waals surface area contributed by atoms with E-state index in [4.69, 9.17) is 0 Å². The van der Waals surface area contributed by atoms with Gasteiger partial charge in [0.2, 0.25) is 5.91 Å². The topological polar surface area (TPSA) is 83.3 Å². The van der Waals surface area contributed by atoms with Crippen LogP contribution in [0.5, 0.6) is 0 Å². The molecule has 1 aliphatic carbocycles. The molecule has 1 fully saturated rings. The molecule has 7 heteroatoms. The van der Waals surface area contributed by atoms with Crippen molar-refractivity contribution in [1.82, 2.24) is 25.7 Å². The van der Waals surface area contributed by atoms with Gasteiger partial charge in [-0.15, -0.1) is 0 Å². The summed E-state index contributed by atoms with van der Waals surface area (Å²) >= 11 is 0. The molecule has 0 aromatic carbocycles. The Labute approximate surface area is 169 Å². The molecule has 0 bridgehead atoms. The molecule has 1 aromatic heterocycles. The first-order chi connectivity index (χ1) is 13.4. The molecular formula is C21H38N6O. The fourth-order valence-corrected chi connectivity index (χ4v) is 3.88. The number of amides is 1. The lowest BCUT2D eigenvalue weighted by Crippen LogP contribution is -2.43. The van der Waals surface area contributed by atoms with E-state index in [2.05, 4.69) is 53.7 Å². The Hall–Kier alpha value is -2.05. The summed E-state index contributed by atoms with van der Waals surface area (Å²) < 4.78 is 1.94. The quantitative estimate of drug-likeness (QED) is 0.361. The molecule has 7 nitrogen and oxygen atoms in total. The molecule has 3 N–H and O–H groups in total. The number of hydrogen-bond donors (Lipinski definition) is 3. The second-order valence-corrected chi connectivity index (χ2v) is 7.91. The van der Waals surface area contributed by atoms with Crippen molar-refractivity contribution >= 4 is 11.9 Å². The van der Waals surface area contributed by atoms with E-state index in [1.165, 1.54) is 30.5 Å². The lowest BCUT2D eigenvalue weighted by molar-refractivity contribution is -0.125. The summed E-state index contributed by atoms with van der Waals surface area (Å²) in [4.78, 5) is 16.8. The first-order valence-corrected chi connectivity index (χ1v) is 10.7. The van der Waals surface area contributed by atoms with E-state index in [0.29, 0.717) is 13.1 Å². The number of carbonyl (C=O) groups excluding carboxylic acids is 1. The number of hydrogen-bond acceptors (Lipinski definition) is 3. The van der Waals surface area contributed by atoms with Crippen LogP contribution in [0, 0.1) is 19.8 Å². The van der Waals surface area contributed by atoms with Gasteiger partial charge in [-0.1, -0.05) is 19.3 Å². The largest absolute Gasteiger partial charge is 0.357 e. The van der Waals surface area contributed by atoms with Crippen molar-refractivity contribution in [3.05, 3.63) is 17.0 Å². The van der Waals surface area contributed by atoms with Crippen LogP contribution >= 0.6 is 0 Å². The Morgan fingerprint density at radius 2 is 1.96 bits per heavy atom. The van der Waals surface area contributed by atoms with Gasteiger partial charge in [-0.25, -0.2) is 0 Å². The highest BCUT2D eigenvalue weighted by atomic mass is 16.1. The maximum atomic E-state index is 12.2. The summed E-state index contributed by atoms with van der Waals surface area (Å²) in [5.74, 6) is 1.19. The molecule has 0 saturated heterocycles. The Morgan fingerprint density at radius 1 is 1.25 bits per heavy atom. The normalized spacial score (nSPS) is 16.7. The maximum Gasteiger partial charge on any atom is 0.223 e. The first-order valence-electron chi connectivity index (χ1n) is 10.7. The van der Waals surface area contributed by atoms with Crippen LogP contribution in [0.25, 0.3) is 0 Å². The van der Waals surface area contributed by atoms with E-state index in [0.717, 1.165) is 37.5 Å². The van der Waals surface area contributed by atoms with Gasteiger partial charge >= 0.3 is 0 Å². The number of nitrogens with one attached hydrogen (secondary N) is 3. The standard InChI is InChI=1S/C21H38N6O/c1-6-22-21(24-13-12-23-20(28)18-10-8-7-9-11-18)25-15(2)14-19-16(3)26-27(5)17(19)4/h15,18H,6-14H2,1-5H3,(H,23,28)(H2,22,24,25). The van der Waals surface area contributed by atoms with Crippen LogP contribution in [0.2, 0.25) is 0 Å². The minimum atomic E-state index is 0.198. The van der Waals surface area contributed by atoms with E-state index < -0.39 is 0 Å². The zero-order valence-electron chi connectivity index (χ0n) is 18.3. The predicted molar refractivity (Wildman–Crippen MR) is 115 cm³/mol. The number of aliphatic imine (C=N–C) groups is 1. The van der Waals surface area contributed by atoms with Gasteiger partial charge in [0.05, 0.1) is 12.2 Å². The Morgan fingerprint density at radius 3 is 2.57 bits per heavy atom. The van der Waals surface area contributed by atoms with Gasteiger partial charge in [0.1, 0.15) is 0 Å². The molecule has 0 aliphatic heterocycles. The van der Waals surface area contributed by atoms with E-state index in [9.17, 15) is 4.79 Å². The number of nitrogens with zero attached hydrogens (tertiary/aromatic N) is 3. The molecule has 28 heavy (non-hydrogen) atoms. The zero-order valence-corrected chi connectivity index (χ0v) is 18.3. The van der Waals surface area contributed by atoms with Crippen LogP contribution in [-0.2, 0) is 18.3 Å². The van der Waals surface area contributed by atoms with Crippen LogP contribution < -0.4 is 16.0 Å². The van der Waals surface area contributed by atoms with E-state index in [1.807, 2.05) is 11.7 Å². The molecule has 1 saturated carbocycles. The first kappa shape index (κ1) is 22.2. The third-order valence-corrected chi connectivity index (χ3v) is 5.55. The third-order valence-electron chi connectivity index (χ3n) is 5.55. The number of guanidine groups is 1. The van der Waals surface area contributed by atoms with Gasteiger partial charge in [0.25, 0.3) is 0 Å². The molecular weight excluding hydrogens is 352 g/mol. The highest BCUT2D eigenvalue weighted by Crippen LogP contribution is 2.23. The fourth-order valence-electron chi connectivity index (χ4n) is 3.88. The van der Waals surface area contributed by atoms with E-state index in [-0.39, 0.29) is 17.9 Å². The number of aromatic nitrogens is 2. The minimum absolute atomic E-state index is 0.198. The third kappa shape index (κ3) is 6.53. The average molecular weight is 391 g/mol. The molecule has 0 spiro atoms. The van der Waals surface area contributed by atoms with Gasteiger partial charge in [-0.3, -0.25) is 14.5 Å². The smallest absolute Gasteiger partial charge is 0.223 e. The van der Waals surface area contributed by atoms with Gasteiger partial charge in [-0.05, 0) is 52.5 Å². The van der Waals surface area contributed by atoms with E-state index >= 15 is 0 Å². The van der Waals surface area contributed by atoms with Gasteiger partial charge in [0.15, 0.2) is 5.96 Å². The SMILES string of the molecule is CCNC(=NCCNC(=O)C1CCCCC1)NC(C)Cc1c(C)nn(C)c1C. The molecule has 1 heterocycles. The van der Waals surface area contributed by atoms with Gasteiger partial charge < -0.3 is 16.0 Å². The van der Waals surface area contributed by atoms with Crippen molar-refractivity contribution in [3.8, 4) is 0 Å². The average Bonchev–Trinajstić information content (AvgIpc) is 2.91. The lowest BCUT2D eigenvalue weighted by atomic mass is 9.89. The van der Waals surface area contributed by atoms with Crippen molar-refractivity contribution < 1.29 is 4.79 Å². The van der Waals surface area contributed by atoms with Gasteiger partial charge in [-0.2, -0.15) is 5.10 Å². The van der Waals surface area contributed by atoms with Crippen LogP contribution in [0.4, 0.5) is 0 Å².